The Bertz CT molecular complexity index is 921. The molecule has 2 rings (SSSR count). The van der Waals surface area contributed by atoms with Crippen molar-refractivity contribution in [1.82, 2.24) is 15.4 Å². The second-order valence-electron chi connectivity index (χ2n) is 5.86. The monoisotopic (exact) mass is 445 g/mol. The molecule has 0 saturated heterocycles. The van der Waals surface area contributed by atoms with Gasteiger partial charge >= 0.3 is 6.03 Å². The van der Waals surface area contributed by atoms with Crippen LogP contribution in [0.1, 0.15) is 18.5 Å². The number of sulfonamides is 1. The fourth-order valence-corrected chi connectivity index (χ4v) is 3.98. The van der Waals surface area contributed by atoms with Crippen LogP contribution in [0, 0.1) is 0 Å². The molecule has 1 atom stereocenters. The number of rotatable bonds is 8. The fourth-order valence-electron chi connectivity index (χ4n) is 2.38. The molecule has 0 radical (unpaired) electrons. The van der Waals surface area contributed by atoms with Crippen LogP contribution < -0.4 is 20.1 Å². The van der Waals surface area contributed by atoms with E-state index < -0.39 is 16.1 Å². The van der Waals surface area contributed by atoms with Gasteiger partial charge in [0.15, 0.2) is 0 Å². The highest BCUT2D eigenvalue weighted by molar-refractivity contribution is 7.89. The Morgan fingerprint density at radius 2 is 1.79 bits per heavy atom. The Morgan fingerprint density at radius 1 is 1.11 bits per heavy atom. The van der Waals surface area contributed by atoms with Crippen LogP contribution in [0.3, 0.4) is 0 Å². The summed E-state index contributed by atoms with van der Waals surface area (Å²) >= 11 is 12.0. The van der Waals surface area contributed by atoms with Gasteiger partial charge in [-0.3, -0.25) is 0 Å². The summed E-state index contributed by atoms with van der Waals surface area (Å²) in [6, 6.07) is 10.2. The van der Waals surface area contributed by atoms with Gasteiger partial charge in [-0.2, -0.15) is 0 Å². The third kappa shape index (κ3) is 6.27. The molecule has 2 amide bonds. The summed E-state index contributed by atoms with van der Waals surface area (Å²) in [6.45, 7) is 1.93. The Balaban J connectivity index is 1.79. The van der Waals surface area contributed by atoms with Crippen molar-refractivity contribution in [2.24, 2.45) is 0 Å². The highest BCUT2D eigenvalue weighted by Gasteiger charge is 2.15. The van der Waals surface area contributed by atoms with Crippen molar-refractivity contribution in [2.45, 2.75) is 17.9 Å². The van der Waals surface area contributed by atoms with E-state index in [1.165, 1.54) is 19.2 Å². The van der Waals surface area contributed by atoms with Crippen molar-refractivity contribution in [1.29, 1.82) is 0 Å². The zero-order valence-electron chi connectivity index (χ0n) is 15.3. The zero-order valence-corrected chi connectivity index (χ0v) is 17.7. The predicted molar refractivity (Wildman–Crippen MR) is 110 cm³/mol. The number of carbonyl (C=O) groups excluding carboxylic acids is 1. The van der Waals surface area contributed by atoms with E-state index in [4.69, 9.17) is 27.9 Å². The van der Waals surface area contributed by atoms with Gasteiger partial charge in [0.05, 0.1) is 18.0 Å². The topological polar surface area (TPSA) is 96.5 Å². The van der Waals surface area contributed by atoms with Crippen LogP contribution in [0.15, 0.2) is 47.4 Å². The second kappa shape index (κ2) is 9.97. The van der Waals surface area contributed by atoms with Crippen molar-refractivity contribution in [3.05, 3.63) is 58.1 Å². The van der Waals surface area contributed by atoms with Crippen molar-refractivity contribution in [2.75, 3.05) is 20.2 Å². The number of ether oxygens (including phenoxy) is 1. The summed E-state index contributed by atoms with van der Waals surface area (Å²) in [5, 5.41) is 6.28. The lowest BCUT2D eigenvalue weighted by atomic mass is 10.1. The molecule has 0 heterocycles. The lowest BCUT2D eigenvalue weighted by molar-refractivity contribution is 0.238. The van der Waals surface area contributed by atoms with E-state index in [9.17, 15) is 13.2 Å². The van der Waals surface area contributed by atoms with Crippen LogP contribution >= 0.6 is 23.2 Å². The van der Waals surface area contributed by atoms with Crippen molar-refractivity contribution in [3.8, 4) is 5.75 Å². The van der Waals surface area contributed by atoms with E-state index in [1.807, 2.05) is 0 Å². The first-order valence-corrected chi connectivity index (χ1v) is 10.6. The second-order valence-corrected chi connectivity index (χ2v) is 8.47. The van der Waals surface area contributed by atoms with Gasteiger partial charge < -0.3 is 15.4 Å². The van der Waals surface area contributed by atoms with Gasteiger partial charge in [-0.1, -0.05) is 29.3 Å². The Morgan fingerprint density at radius 3 is 2.39 bits per heavy atom. The van der Waals surface area contributed by atoms with Crippen LogP contribution in [0.5, 0.6) is 5.75 Å². The first kappa shape index (κ1) is 22.3. The summed E-state index contributed by atoms with van der Waals surface area (Å²) < 4.78 is 31.8. The van der Waals surface area contributed by atoms with E-state index in [0.29, 0.717) is 15.8 Å². The first-order chi connectivity index (χ1) is 13.2. The van der Waals surface area contributed by atoms with Crippen LogP contribution in [0.4, 0.5) is 4.79 Å². The molecule has 0 aliphatic heterocycles. The third-order valence-electron chi connectivity index (χ3n) is 3.85. The van der Waals surface area contributed by atoms with E-state index >= 15 is 0 Å². The molecule has 0 aliphatic rings. The molecule has 28 heavy (non-hydrogen) atoms. The molecule has 152 valence electrons. The fraction of sp³-hybridized carbons (Fsp3) is 0.278. The minimum Gasteiger partial charge on any atom is -0.497 e. The van der Waals surface area contributed by atoms with Crippen molar-refractivity contribution in [3.63, 3.8) is 0 Å². The maximum Gasteiger partial charge on any atom is 0.315 e. The molecule has 2 aromatic rings. The van der Waals surface area contributed by atoms with E-state index in [2.05, 4.69) is 15.4 Å². The van der Waals surface area contributed by atoms with Gasteiger partial charge in [-0.05, 0) is 48.9 Å². The third-order valence-corrected chi connectivity index (χ3v) is 5.89. The Labute approximate surface area is 174 Å². The molecule has 10 heteroatoms. The van der Waals surface area contributed by atoms with Gasteiger partial charge in [0.25, 0.3) is 0 Å². The summed E-state index contributed by atoms with van der Waals surface area (Å²) in [5.41, 5.74) is 0.724. The zero-order chi connectivity index (χ0) is 20.7. The summed E-state index contributed by atoms with van der Waals surface area (Å²) in [4.78, 5) is 12.1. The number of carbonyl (C=O) groups is 1. The molecular formula is C18H21Cl2N3O4S. The molecule has 0 aromatic heterocycles. The number of nitrogens with one attached hydrogen (secondary N) is 3. The molecule has 2 aromatic carbocycles. The van der Waals surface area contributed by atoms with Crippen molar-refractivity contribution >= 4 is 39.3 Å². The van der Waals surface area contributed by atoms with Crippen LogP contribution in [0.2, 0.25) is 10.0 Å². The minimum absolute atomic E-state index is 0.0395. The summed E-state index contributed by atoms with van der Waals surface area (Å²) in [5.74, 6) is 0.562. The summed E-state index contributed by atoms with van der Waals surface area (Å²) in [6.07, 6.45) is 0. The number of amides is 2. The van der Waals surface area contributed by atoms with Crippen LogP contribution in [-0.4, -0.2) is 34.6 Å². The van der Waals surface area contributed by atoms with Crippen molar-refractivity contribution < 1.29 is 17.9 Å². The SMILES string of the molecule is COc1ccc(S(=O)(=O)NCCNC(=O)N[C@H](C)c2ccc(Cl)cc2Cl)cc1. The molecule has 0 fully saturated rings. The molecule has 0 aliphatic carbocycles. The smallest absolute Gasteiger partial charge is 0.315 e. The molecule has 0 bridgehead atoms. The lowest BCUT2D eigenvalue weighted by Gasteiger charge is -2.16. The van der Waals surface area contributed by atoms with Crippen LogP contribution in [0.25, 0.3) is 0 Å². The van der Waals surface area contributed by atoms with Gasteiger partial charge in [0, 0.05) is 23.1 Å². The number of benzene rings is 2. The Kier molecular flexibility index (Phi) is 7.94. The standard InChI is InChI=1S/C18H21Cl2N3O4S/c1-12(16-8-3-13(19)11-17(16)20)23-18(24)21-9-10-22-28(25,26)15-6-4-14(27-2)5-7-15/h3-8,11-12,22H,9-10H2,1-2H3,(H2,21,23,24)/t12-/m1/s1. The molecule has 0 saturated carbocycles. The molecule has 0 unspecified atom stereocenters. The average Bonchev–Trinajstić information content (AvgIpc) is 2.65. The first-order valence-electron chi connectivity index (χ1n) is 8.36. The van der Waals surface area contributed by atoms with E-state index in [0.717, 1.165) is 5.56 Å². The number of halogens is 2. The Hall–Kier alpha value is -2.00. The molecule has 0 spiro atoms. The quantitative estimate of drug-likeness (QED) is 0.542. The van der Waals surface area contributed by atoms with Crippen LogP contribution in [-0.2, 0) is 10.0 Å². The van der Waals surface area contributed by atoms with Gasteiger partial charge in [-0.25, -0.2) is 17.9 Å². The molecule has 3 N–H and O–H groups in total. The van der Waals surface area contributed by atoms with Gasteiger partial charge in [0.1, 0.15) is 5.75 Å². The normalized spacial score (nSPS) is 12.3. The summed E-state index contributed by atoms with van der Waals surface area (Å²) in [7, 11) is -2.17. The van der Waals surface area contributed by atoms with E-state index in [1.54, 1.807) is 37.3 Å². The highest BCUT2D eigenvalue weighted by Crippen LogP contribution is 2.25. The average molecular weight is 446 g/mol. The lowest BCUT2D eigenvalue weighted by Crippen LogP contribution is -2.41. The highest BCUT2D eigenvalue weighted by atomic mass is 35.5. The maximum absolute atomic E-state index is 12.2. The number of hydrogen-bond acceptors (Lipinski definition) is 4. The largest absolute Gasteiger partial charge is 0.497 e. The van der Waals surface area contributed by atoms with E-state index in [-0.39, 0.29) is 24.0 Å². The number of hydrogen-bond donors (Lipinski definition) is 3. The number of methoxy groups -OCH3 is 1. The van der Waals surface area contributed by atoms with Gasteiger partial charge in [-0.15, -0.1) is 0 Å². The number of urea groups is 1. The molecule has 7 nitrogen and oxygen atoms in total. The van der Waals surface area contributed by atoms with Gasteiger partial charge in [0.2, 0.25) is 10.0 Å². The maximum atomic E-state index is 12.2. The molecular weight excluding hydrogens is 425 g/mol. The minimum atomic E-state index is -3.67. The predicted octanol–water partition coefficient (Wildman–Crippen LogP) is 3.34.